The molecule has 1 saturated carbocycles. The summed E-state index contributed by atoms with van der Waals surface area (Å²) < 4.78 is 5.18. The molecule has 0 radical (unpaired) electrons. The second kappa shape index (κ2) is 7.14. The van der Waals surface area contributed by atoms with E-state index in [4.69, 9.17) is 16.3 Å². The van der Waals surface area contributed by atoms with E-state index in [9.17, 15) is 9.90 Å². The Hall–Kier alpha value is -1.26. The first-order valence-corrected chi connectivity index (χ1v) is 7.76. The van der Waals surface area contributed by atoms with Gasteiger partial charge in [0.1, 0.15) is 5.75 Å². The average molecular weight is 312 g/mol. The van der Waals surface area contributed by atoms with E-state index >= 15 is 0 Å². The Morgan fingerprint density at radius 3 is 2.62 bits per heavy atom. The number of nitrogens with one attached hydrogen (secondary N) is 1. The van der Waals surface area contributed by atoms with Gasteiger partial charge in [0.15, 0.2) is 0 Å². The lowest BCUT2D eigenvalue weighted by Gasteiger charge is -2.27. The topological polar surface area (TPSA) is 58.6 Å². The van der Waals surface area contributed by atoms with Gasteiger partial charge in [0.25, 0.3) is 5.91 Å². The summed E-state index contributed by atoms with van der Waals surface area (Å²) in [7, 11) is 1.51. The number of methoxy groups -OCH3 is 1. The molecule has 21 heavy (non-hydrogen) atoms. The largest absolute Gasteiger partial charge is 0.496 e. The highest BCUT2D eigenvalue weighted by Gasteiger charge is 2.28. The van der Waals surface area contributed by atoms with Gasteiger partial charge in [-0.3, -0.25) is 4.79 Å². The van der Waals surface area contributed by atoms with Crippen LogP contribution in [0.25, 0.3) is 0 Å². The van der Waals surface area contributed by atoms with Crippen molar-refractivity contribution in [2.45, 2.75) is 44.1 Å². The summed E-state index contributed by atoms with van der Waals surface area (Å²) >= 11 is 5.93. The molecule has 0 heterocycles. The van der Waals surface area contributed by atoms with Crippen molar-refractivity contribution in [1.29, 1.82) is 0 Å². The highest BCUT2D eigenvalue weighted by Crippen LogP contribution is 2.27. The Kier molecular flexibility index (Phi) is 5.48. The smallest absolute Gasteiger partial charge is 0.255 e. The minimum Gasteiger partial charge on any atom is -0.496 e. The number of benzene rings is 1. The van der Waals surface area contributed by atoms with E-state index in [1.807, 2.05) is 0 Å². The molecule has 116 valence electrons. The Labute approximate surface area is 130 Å². The van der Waals surface area contributed by atoms with Gasteiger partial charge in [0.2, 0.25) is 0 Å². The van der Waals surface area contributed by atoms with Crippen LogP contribution in [0.2, 0.25) is 5.02 Å². The number of rotatable bonds is 4. The summed E-state index contributed by atoms with van der Waals surface area (Å²) in [5.41, 5.74) is -0.403. The Balaban J connectivity index is 2.02. The molecular weight excluding hydrogens is 290 g/mol. The molecule has 0 unspecified atom stereocenters. The van der Waals surface area contributed by atoms with Crippen LogP contribution in [-0.2, 0) is 0 Å². The van der Waals surface area contributed by atoms with Gasteiger partial charge >= 0.3 is 0 Å². The first kappa shape index (κ1) is 16.1. The lowest BCUT2D eigenvalue weighted by Crippen LogP contribution is -2.42. The summed E-state index contributed by atoms with van der Waals surface area (Å²) in [5.74, 6) is 0.205. The summed E-state index contributed by atoms with van der Waals surface area (Å²) in [5, 5.41) is 13.8. The molecule has 1 aliphatic carbocycles. The zero-order valence-electron chi connectivity index (χ0n) is 12.3. The molecule has 1 aromatic carbocycles. The molecule has 0 spiro atoms. The summed E-state index contributed by atoms with van der Waals surface area (Å²) in [4.78, 5) is 12.3. The fraction of sp³-hybridized carbons (Fsp3) is 0.562. The fourth-order valence-corrected chi connectivity index (χ4v) is 2.93. The molecule has 2 rings (SSSR count). The standard InChI is InChI=1S/C16H22ClNO3/c1-21-14-7-6-12(17)10-13(14)15(19)18-11-16(20)8-4-2-3-5-9-16/h6-7,10,20H,2-5,8-9,11H2,1H3,(H,18,19). The number of carbonyl (C=O) groups excluding carboxylic acids is 1. The van der Waals surface area contributed by atoms with Gasteiger partial charge in [-0.05, 0) is 31.0 Å². The van der Waals surface area contributed by atoms with Crippen LogP contribution < -0.4 is 10.1 Å². The molecule has 2 N–H and O–H groups in total. The quantitative estimate of drug-likeness (QED) is 0.840. The highest BCUT2D eigenvalue weighted by atomic mass is 35.5. The fourth-order valence-electron chi connectivity index (χ4n) is 2.76. The molecular formula is C16H22ClNO3. The number of hydrogen-bond donors (Lipinski definition) is 2. The van der Waals surface area contributed by atoms with Gasteiger partial charge in [-0.15, -0.1) is 0 Å². The van der Waals surface area contributed by atoms with Gasteiger partial charge in [0.05, 0.1) is 18.3 Å². The van der Waals surface area contributed by atoms with Crippen LogP contribution in [0, 0.1) is 0 Å². The van der Waals surface area contributed by atoms with Crippen LogP contribution in [0.4, 0.5) is 0 Å². The predicted molar refractivity (Wildman–Crippen MR) is 83.0 cm³/mol. The van der Waals surface area contributed by atoms with E-state index in [2.05, 4.69) is 5.32 Å². The molecule has 1 aliphatic rings. The van der Waals surface area contributed by atoms with Crippen molar-refractivity contribution in [3.8, 4) is 5.75 Å². The van der Waals surface area contributed by atoms with Crippen LogP contribution in [0.15, 0.2) is 18.2 Å². The molecule has 0 aromatic heterocycles. The third kappa shape index (κ3) is 4.35. The van der Waals surface area contributed by atoms with Crippen molar-refractivity contribution < 1.29 is 14.6 Å². The molecule has 0 aliphatic heterocycles. The van der Waals surface area contributed by atoms with Gasteiger partial charge in [-0.25, -0.2) is 0 Å². The number of halogens is 1. The highest BCUT2D eigenvalue weighted by molar-refractivity contribution is 6.31. The maximum absolute atomic E-state index is 12.3. The molecule has 5 heteroatoms. The summed E-state index contributed by atoms with van der Waals surface area (Å²) in [6.45, 7) is 0.265. The van der Waals surface area contributed by atoms with Gasteiger partial charge in [0, 0.05) is 11.6 Å². The summed E-state index contributed by atoms with van der Waals surface area (Å²) in [6, 6.07) is 4.92. The van der Waals surface area contributed by atoms with Crippen molar-refractivity contribution >= 4 is 17.5 Å². The van der Waals surface area contributed by atoms with Gasteiger partial charge in [-0.2, -0.15) is 0 Å². The SMILES string of the molecule is COc1ccc(Cl)cc1C(=O)NCC1(O)CCCCCC1. The first-order chi connectivity index (χ1) is 10.0. The van der Waals surface area contributed by atoms with Crippen LogP contribution >= 0.6 is 11.6 Å². The molecule has 1 fully saturated rings. The maximum atomic E-state index is 12.3. The number of aliphatic hydroxyl groups is 1. The van der Waals surface area contributed by atoms with Crippen molar-refractivity contribution in [3.63, 3.8) is 0 Å². The first-order valence-electron chi connectivity index (χ1n) is 7.38. The Bertz CT molecular complexity index is 496. The van der Waals surface area contributed by atoms with E-state index in [-0.39, 0.29) is 12.5 Å². The Morgan fingerprint density at radius 1 is 1.33 bits per heavy atom. The molecule has 1 amide bonds. The Morgan fingerprint density at radius 2 is 2.00 bits per heavy atom. The number of amides is 1. The zero-order valence-corrected chi connectivity index (χ0v) is 13.1. The number of ether oxygens (including phenoxy) is 1. The van der Waals surface area contributed by atoms with Crippen LogP contribution in [-0.4, -0.2) is 30.3 Å². The van der Waals surface area contributed by atoms with Crippen molar-refractivity contribution in [3.05, 3.63) is 28.8 Å². The summed E-state index contributed by atoms with van der Waals surface area (Å²) in [6.07, 6.45) is 5.79. The third-order valence-corrected chi connectivity index (χ3v) is 4.25. The molecule has 0 atom stereocenters. The number of carbonyl (C=O) groups is 1. The predicted octanol–water partition coefficient (Wildman–Crippen LogP) is 3.16. The second-order valence-corrected chi connectivity index (χ2v) is 6.10. The third-order valence-electron chi connectivity index (χ3n) is 4.02. The monoisotopic (exact) mass is 311 g/mol. The lowest BCUT2D eigenvalue weighted by atomic mass is 9.94. The van der Waals surface area contributed by atoms with Crippen LogP contribution in [0.3, 0.4) is 0 Å². The van der Waals surface area contributed by atoms with Crippen molar-refractivity contribution in [2.75, 3.05) is 13.7 Å². The zero-order chi connectivity index (χ0) is 15.3. The maximum Gasteiger partial charge on any atom is 0.255 e. The van der Waals surface area contributed by atoms with Crippen LogP contribution in [0.5, 0.6) is 5.75 Å². The van der Waals surface area contributed by atoms with Crippen molar-refractivity contribution in [1.82, 2.24) is 5.32 Å². The molecule has 0 bridgehead atoms. The van der Waals surface area contributed by atoms with E-state index in [1.54, 1.807) is 18.2 Å². The van der Waals surface area contributed by atoms with E-state index < -0.39 is 5.60 Å². The normalized spacial score (nSPS) is 17.9. The van der Waals surface area contributed by atoms with E-state index in [0.29, 0.717) is 16.3 Å². The average Bonchev–Trinajstić information content (AvgIpc) is 2.70. The van der Waals surface area contributed by atoms with Gasteiger partial charge < -0.3 is 15.2 Å². The van der Waals surface area contributed by atoms with E-state index in [0.717, 1.165) is 38.5 Å². The van der Waals surface area contributed by atoms with E-state index in [1.165, 1.54) is 7.11 Å². The molecule has 4 nitrogen and oxygen atoms in total. The van der Waals surface area contributed by atoms with Crippen molar-refractivity contribution in [2.24, 2.45) is 0 Å². The molecule has 0 saturated heterocycles. The van der Waals surface area contributed by atoms with Crippen LogP contribution in [0.1, 0.15) is 48.9 Å². The minimum atomic E-state index is -0.794. The van der Waals surface area contributed by atoms with Gasteiger partial charge in [-0.1, -0.05) is 37.3 Å². The second-order valence-electron chi connectivity index (χ2n) is 5.67. The molecule has 1 aromatic rings. The minimum absolute atomic E-state index is 0.265. The number of hydrogen-bond acceptors (Lipinski definition) is 3. The lowest BCUT2D eigenvalue weighted by molar-refractivity contribution is 0.0246.